The highest BCUT2D eigenvalue weighted by atomic mass is 32.1. The molecule has 57 heavy (non-hydrogen) atoms. The van der Waals surface area contributed by atoms with Gasteiger partial charge in [0.15, 0.2) is 23.3 Å². The number of hydrogen-bond donors (Lipinski definition) is 0. The highest BCUT2D eigenvalue weighted by Gasteiger charge is 2.24. The Balaban J connectivity index is 1.16. The zero-order valence-electron chi connectivity index (χ0n) is 30.2. The fraction of sp³-hybridized carbons (Fsp3) is 0. The predicted octanol–water partition coefficient (Wildman–Crippen LogP) is 12.7. The van der Waals surface area contributed by atoms with Crippen LogP contribution in [0.4, 0.5) is 0 Å². The maximum atomic E-state index is 6.50. The first-order valence-electron chi connectivity index (χ1n) is 18.8. The first-order valence-corrected chi connectivity index (χ1v) is 19.6. The summed E-state index contributed by atoms with van der Waals surface area (Å²) in [5.41, 5.74) is 8.92. The van der Waals surface area contributed by atoms with E-state index in [-0.39, 0.29) is 0 Å². The molecule has 0 saturated heterocycles. The highest BCUT2D eigenvalue weighted by Crippen LogP contribution is 2.43. The Kier molecular flexibility index (Phi) is 6.96. The summed E-state index contributed by atoms with van der Waals surface area (Å²) < 4.78 is 10.8. The van der Waals surface area contributed by atoms with Gasteiger partial charge in [0, 0.05) is 48.4 Å². The van der Waals surface area contributed by atoms with Crippen LogP contribution in [-0.4, -0.2) is 29.5 Å². The van der Waals surface area contributed by atoms with Crippen molar-refractivity contribution >= 4 is 75.4 Å². The number of para-hydroxylation sites is 4. The number of benzene rings is 7. The molecule has 7 aromatic carbocycles. The molecule has 0 aliphatic heterocycles. The molecule has 0 aliphatic rings. The number of hydrogen-bond acceptors (Lipinski definition) is 7. The van der Waals surface area contributed by atoms with E-state index in [1.807, 2.05) is 66.7 Å². The van der Waals surface area contributed by atoms with Gasteiger partial charge in [-0.15, -0.1) is 11.3 Å². The lowest BCUT2D eigenvalue weighted by molar-refractivity contribution is 0.669. The molecule has 0 radical (unpaired) electrons. The number of nitrogens with zero attached hydrogens (tertiary/aromatic N) is 6. The summed E-state index contributed by atoms with van der Waals surface area (Å²) in [4.78, 5) is 26.4. The molecule has 5 aromatic heterocycles. The zero-order valence-corrected chi connectivity index (χ0v) is 31.0. The Morgan fingerprint density at radius 1 is 0.439 bits per heavy atom. The SMILES string of the molecule is c1ccc(-c2nc(-c3cccc4c3oc3ccccc34)nc(-c3nc(-c4cccc5c4c4ccccc4n5-c4ccccc4)nc4c3sc3ccccc34)n2)cc1. The quantitative estimate of drug-likeness (QED) is 0.174. The molecule has 0 amide bonds. The fourth-order valence-electron chi connectivity index (χ4n) is 8.17. The molecule has 0 atom stereocenters. The van der Waals surface area contributed by atoms with Gasteiger partial charge in [0.05, 0.1) is 26.8 Å². The van der Waals surface area contributed by atoms with Gasteiger partial charge in [-0.05, 0) is 42.5 Å². The summed E-state index contributed by atoms with van der Waals surface area (Å²) >= 11 is 1.66. The summed E-state index contributed by atoms with van der Waals surface area (Å²) in [6, 6.07) is 58.1. The third kappa shape index (κ3) is 4.94. The third-order valence-corrected chi connectivity index (χ3v) is 11.9. The standard InChI is InChI=1S/C49H28N6OS/c1-3-15-29(16-4-1)46-52-48(36-24-13-22-32-31-19-8-11-27-39(31)56-44(32)36)54-49(53-46)43-45-42(34-21-9-12-28-40(34)57-45)50-47(51-43)35-23-14-26-38-41(35)33-20-7-10-25-37(33)55(38)30-17-5-2-6-18-30/h1-28H. The van der Waals surface area contributed by atoms with E-state index in [2.05, 4.69) is 108 Å². The lowest BCUT2D eigenvalue weighted by Gasteiger charge is -2.11. The van der Waals surface area contributed by atoms with Crippen LogP contribution in [0.2, 0.25) is 0 Å². The van der Waals surface area contributed by atoms with Gasteiger partial charge >= 0.3 is 0 Å². The molecular weight excluding hydrogens is 721 g/mol. The first-order chi connectivity index (χ1) is 28.3. The molecule has 0 spiro atoms. The van der Waals surface area contributed by atoms with Crippen LogP contribution >= 0.6 is 11.3 Å². The second-order valence-corrected chi connectivity index (χ2v) is 15.1. The van der Waals surface area contributed by atoms with Gasteiger partial charge in [-0.25, -0.2) is 24.9 Å². The minimum atomic E-state index is 0.464. The molecule has 0 saturated carbocycles. The van der Waals surface area contributed by atoms with Gasteiger partial charge in [-0.1, -0.05) is 127 Å². The van der Waals surface area contributed by atoms with E-state index in [0.29, 0.717) is 29.0 Å². The minimum absolute atomic E-state index is 0.464. The molecule has 266 valence electrons. The van der Waals surface area contributed by atoms with Crippen molar-refractivity contribution in [1.29, 1.82) is 0 Å². The van der Waals surface area contributed by atoms with E-state index in [1.54, 1.807) is 11.3 Å². The Morgan fingerprint density at radius 2 is 1.07 bits per heavy atom. The lowest BCUT2D eigenvalue weighted by atomic mass is 10.1. The molecule has 0 aliphatic carbocycles. The largest absolute Gasteiger partial charge is 0.455 e. The fourth-order valence-corrected chi connectivity index (χ4v) is 9.29. The molecule has 5 heterocycles. The summed E-state index contributed by atoms with van der Waals surface area (Å²) in [7, 11) is 0. The predicted molar refractivity (Wildman–Crippen MR) is 232 cm³/mol. The number of rotatable bonds is 5. The third-order valence-electron chi connectivity index (χ3n) is 10.7. The van der Waals surface area contributed by atoms with Gasteiger partial charge < -0.3 is 8.98 Å². The molecule has 0 N–H and O–H groups in total. The van der Waals surface area contributed by atoms with Crippen LogP contribution in [0.5, 0.6) is 0 Å². The van der Waals surface area contributed by atoms with E-state index in [9.17, 15) is 0 Å². The topological polar surface area (TPSA) is 82.5 Å². The molecule has 12 aromatic rings. The minimum Gasteiger partial charge on any atom is -0.455 e. The molecule has 8 heteroatoms. The highest BCUT2D eigenvalue weighted by molar-refractivity contribution is 7.26. The van der Waals surface area contributed by atoms with Crippen LogP contribution in [-0.2, 0) is 0 Å². The van der Waals surface area contributed by atoms with Gasteiger partial charge in [0.25, 0.3) is 0 Å². The van der Waals surface area contributed by atoms with Crippen LogP contribution in [0.15, 0.2) is 174 Å². The van der Waals surface area contributed by atoms with Crippen molar-refractivity contribution in [2.24, 2.45) is 0 Å². The molecule has 0 unspecified atom stereocenters. The van der Waals surface area contributed by atoms with E-state index in [1.165, 1.54) is 0 Å². The monoisotopic (exact) mass is 748 g/mol. The van der Waals surface area contributed by atoms with Crippen molar-refractivity contribution in [2.45, 2.75) is 0 Å². The summed E-state index contributed by atoms with van der Waals surface area (Å²) in [6.07, 6.45) is 0. The molecule has 7 nitrogen and oxygen atoms in total. The van der Waals surface area contributed by atoms with Gasteiger partial charge in [0.1, 0.15) is 16.9 Å². The number of furan rings is 1. The van der Waals surface area contributed by atoms with Gasteiger partial charge in [-0.3, -0.25) is 0 Å². The number of thiophene rings is 1. The van der Waals surface area contributed by atoms with Crippen molar-refractivity contribution in [3.8, 4) is 51.4 Å². The Hall–Kier alpha value is -7.55. The van der Waals surface area contributed by atoms with Gasteiger partial charge in [0.2, 0.25) is 0 Å². The van der Waals surface area contributed by atoms with E-state index >= 15 is 0 Å². The number of fused-ring (bicyclic) bond motifs is 9. The van der Waals surface area contributed by atoms with Crippen molar-refractivity contribution in [3.63, 3.8) is 0 Å². The second-order valence-electron chi connectivity index (χ2n) is 14.0. The Bertz CT molecular complexity index is 3530. The van der Waals surface area contributed by atoms with Crippen molar-refractivity contribution < 1.29 is 4.42 Å². The van der Waals surface area contributed by atoms with Gasteiger partial charge in [-0.2, -0.15) is 0 Å². The van der Waals surface area contributed by atoms with Crippen molar-refractivity contribution in [2.75, 3.05) is 0 Å². The van der Waals surface area contributed by atoms with Crippen LogP contribution in [0.3, 0.4) is 0 Å². The average Bonchev–Trinajstić information content (AvgIpc) is 3.96. The molecule has 0 fully saturated rings. The first kappa shape index (κ1) is 31.8. The smallest absolute Gasteiger partial charge is 0.184 e. The number of aromatic nitrogens is 6. The average molecular weight is 749 g/mol. The normalized spacial score (nSPS) is 11.9. The lowest BCUT2D eigenvalue weighted by Crippen LogP contribution is -2.03. The van der Waals surface area contributed by atoms with E-state index in [4.69, 9.17) is 29.3 Å². The molecule has 0 bridgehead atoms. The van der Waals surface area contributed by atoms with Crippen LogP contribution < -0.4 is 0 Å². The van der Waals surface area contributed by atoms with Crippen LogP contribution in [0, 0.1) is 0 Å². The zero-order chi connectivity index (χ0) is 37.5. The van der Waals surface area contributed by atoms with Crippen molar-refractivity contribution in [1.82, 2.24) is 29.5 Å². The molecule has 12 rings (SSSR count). The summed E-state index contributed by atoms with van der Waals surface area (Å²) in [6.45, 7) is 0. The van der Waals surface area contributed by atoms with Crippen LogP contribution in [0.1, 0.15) is 0 Å². The maximum Gasteiger partial charge on any atom is 0.184 e. The second kappa shape index (κ2) is 12.5. The maximum absolute atomic E-state index is 6.50. The summed E-state index contributed by atoms with van der Waals surface area (Å²) in [5.74, 6) is 2.12. The molecular formula is C49H28N6OS. The Morgan fingerprint density at radius 3 is 1.95 bits per heavy atom. The van der Waals surface area contributed by atoms with E-state index in [0.717, 1.165) is 86.4 Å². The van der Waals surface area contributed by atoms with Crippen LogP contribution in [0.25, 0.3) is 115 Å². The van der Waals surface area contributed by atoms with E-state index < -0.39 is 0 Å². The Labute approximate surface area is 329 Å². The summed E-state index contributed by atoms with van der Waals surface area (Å²) in [5, 5.41) is 5.32. The van der Waals surface area contributed by atoms with Crippen molar-refractivity contribution in [3.05, 3.63) is 170 Å².